The van der Waals surface area contributed by atoms with Crippen molar-refractivity contribution in [3.8, 4) is 0 Å². The van der Waals surface area contributed by atoms with E-state index in [0.29, 0.717) is 53.8 Å². The molecule has 1 saturated heterocycles. The van der Waals surface area contributed by atoms with Crippen LogP contribution in [0, 0.1) is 10.8 Å². The molecule has 1 saturated carbocycles. The van der Waals surface area contributed by atoms with Crippen molar-refractivity contribution in [3.05, 3.63) is 77.4 Å². The SMILES string of the molecule is C=C\C=C1/N=C(C)/C(C=N)=C(/N)OCCCNc2cc(ncc2C(=N)c2ccc(CN3CCN(C4CC4)CC3)n2C)N1. The van der Waals surface area contributed by atoms with Crippen molar-refractivity contribution in [1.29, 1.82) is 10.8 Å². The fraction of sp³-hybridized carbons (Fsp3) is 0.419. The first-order chi connectivity index (χ1) is 20.4. The normalized spacial score (nSPS) is 23.1. The van der Waals surface area contributed by atoms with Gasteiger partial charge in [-0.15, -0.1) is 0 Å². The highest BCUT2D eigenvalue weighted by atomic mass is 16.5. The summed E-state index contributed by atoms with van der Waals surface area (Å²) >= 11 is 0. The maximum absolute atomic E-state index is 9.18. The van der Waals surface area contributed by atoms with E-state index in [0.717, 1.165) is 56.4 Å². The van der Waals surface area contributed by atoms with Crippen molar-refractivity contribution in [2.75, 3.05) is 50.0 Å². The van der Waals surface area contributed by atoms with Gasteiger partial charge in [0.2, 0.25) is 0 Å². The Morgan fingerprint density at radius 3 is 2.74 bits per heavy atom. The van der Waals surface area contributed by atoms with E-state index in [-0.39, 0.29) is 5.88 Å². The first kappa shape index (κ1) is 29.3. The van der Waals surface area contributed by atoms with Crippen molar-refractivity contribution >= 4 is 29.1 Å². The number of rotatable bonds is 7. The van der Waals surface area contributed by atoms with Crippen LogP contribution in [0.25, 0.3) is 0 Å². The number of nitrogens with zero attached hydrogens (tertiary/aromatic N) is 5. The molecule has 2 aromatic rings. The fourth-order valence-corrected chi connectivity index (χ4v) is 5.43. The summed E-state index contributed by atoms with van der Waals surface area (Å²) in [6.07, 6.45) is 9.60. The highest BCUT2D eigenvalue weighted by Crippen LogP contribution is 2.28. The molecule has 42 heavy (non-hydrogen) atoms. The lowest BCUT2D eigenvalue weighted by molar-refractivity contribution is 0.120. The zero-order valence-corrected chi connectivity index (χ0v) is 24.6. The number of ether oxygens (including phenoxy) is 1. The molecular formula is C31H42N10O. The number of piperazine rings is 1. The summed E-state index contributed by atoms with van der Waals surface area (Å²) in [7, 11) is 2.04. The Balaban J connectivity index is 1.36. The highest BCUT2D eigenvalue weighted by molar-refractivity contribution is 6.15. The molecule has 1 aliphatic carbocycles. The lowest BCUT2D eigenvalue weighted by atomic mass is 10.1. The Hall–Kier alpha value is -4.22. The number of pyridine rings is 1. The molecule has 4 heterocycles. The molecule has 11 heteroatoms. The molecule has 2 bridgehead atoms. The Bertz CT molecular complexity index is 1420. The lowest BCUT2D eigenvalue weighted by Gasteiger charge is -2.34. The maximum Gasteiger partial charge on any atom is 0.194 e. The molecule has 0 aromatic carbocycles. The summed E-state index contributed by atoms with van der Waals surface area (Å²) in [6.45, 7) is 11.9. The van der Waals surface area contributed by atoms with Gasteiger partial charge in [-0.05, 0) is 44.4 Å². The van der Waals surface area contributed by atoms with Crippen LogP contribution in [0.5, 0.6) is 0 Å². The van der Waals surface area contributed by atoms with Gasteiger partial charge in [-0.25, -0.2) is 9.98 Å². The molecule has 0 spiro atoms. The quantitative estimate of drug-likeness (QED) is 0.320. The summed E-state index contributed by atoms with van der Waals surface area (Å²) in [6, 6.07) is 6.89. The summed E-state index contributed by atoms with van der Waals surface area (Å²) in [5, 5.41) is 23.7. The van der Waals surface area contributed by atoms with E-state index >= 15 is 0 Å². The van der Waals surface area contributed by atoms with Crippen LogP contribution in [0.2, 0.25) is 0 Å². The molecular weight excluding hydrogens is 528 g/mol. The van der Waals surface area contributed by atoms with Gasteiger partial charge in [0.1, 0.15) is 11.6 Å². The average Bonchev–Trinajstić information content (AvgIpc) is 3.76. The van der Waals surface area contributed by atoms with Gasteiger partial charge >= 0.3 is 0 Å². The average molecular weight is 571 g/mol. The van der Waals surface area contributed by atoms with Gasteiger partial charge < -0.3 is 31.1 Å². The van der Waals surface area contributed by atoms with Crippen molar-refractivity contribution in [1.82, 2.24) is 19.4 Å². The lowest BCUT2D eigenvalue weighted by Crippen LogP contribution is -2.46. The largest absolute Gasteiger partial charge is 0.479 e. The molecule has 0 amide bonds. The number of nitrogens with two attached hydrogens (primary N) is 1. The van der Waals surface area contributed by atoms with Crippen LogP contribution >= 0.6 is 0 Å². The van der Waals surface area contributed by atoms with Gasteiger partial charge in [0.05, 0.1) is 29.3 Å². The standard InChI is InChI=1S/C31H42N10O/c1-4-6-28-37-21(2)24(18-32)31(34)42-16-5-11-35-26-17-29(38-28)36-19-25(26)30(33)27-10-9-23(39(27)3)20-40-12-14-41(15-13-40)22-7-8-22/h4,6,9-10,17-19,22,32-33,35H,1,5,7-8,11-16,20,34H2,2-3H3,(H,36,38)/b28-6+,31-24-,32-18?,33-30?,37-21+. The number of hydrogen-bond acceptors (Lipinski definition) is 10. The molecule has 0 radical (unpaired) electrons. The third-order valence-electron chi connectivity index (χ3n) is 8.02. The number of fused-ring (bicyclic) bond motifs is 2. The van der Waals surface area contributed by atoms with Crippen LogP contribution in [-0.2, 0) is 18.3 Å². The fourth-order valence-electron chi connectivity index (χ4n) is 5.43. The minimum Gasteiger partial charge on any atom is -0.479 e. The monoisotopic (exact) mass is 570 g/mol. The van der Waals surface area contributed by atoms with Crippen LogP contribution in [0.4, 0.5) is 11.5 Å². The van der Waals surface area contributed by atoms with E-state index in [4.69, 9.17) is 15.9 Å². The molecule has 2 aromatic heterocycles. The first-order valence-corrected chi connectivity index (χ1v) is 14.6. The third-order valence-corrected chi connectivity index (χ3v) is 8.02. The summed E-state index contributed by atoms with van der Waals surface area (Å²) < 4.78 is 7.85. The molecule has 222 valence electrons. The Labute approximate surface area is 247 Å². The number of anilines is 2. The smallest absolute Gasteiger partial charge is 0.194 e. The van der Waals surface area contributed by atoms with E-state index in [9.17, 15) is 5.41 Å². The van der Waals surface area contributed by atoms with E-state index < -0.39 is 0 Å². The topological polar surface area (TPSA) is 144 Å². The molecule has 0 atom stereocenters. The second-order valence-electron chi connectivity index (χ2n) is 11.0. The van der Waals surface area contributed by atoms with E-state index in [2.05, 4.69) is 47.6 Å². The van der Waals surface area contributed by atoms with Crippen LogP contribution in [0.15, 0.2) is 65.4 Å². The number of aromatic nitrogens is 2. The van der Waals surface area contributed by atoms with Gasteiger partial charge in [-0.2, -0.15) is 0 Å². The minimum atomic E-state index is 0.157. The second-order valence-corrected chi connectivity index (χ2v) is 11.0. The molecule has 0 unspecified atom stereocenters. The van der Waals surface area contributed by atoms with E-state index in [1.54, 1.807) is 25.3 Å². The van der Waals surface area contributed by atoms with Crippen molar-refractivity contribution in [2.24, 2.45) is 17.8 Å². The number of hydrogen-bond donors (Lipinski definition) is 5. The van der Waals surface area contributed by atoms with Crippen molar-refractivity contribution < 1.29 is 4.74 Å². The Morgan fingerprint density at radius 1 is 1.24 bits per heavy atom. The van der Waals surface area contributed by atoms with Crippen molar-refractivity contribution in [2.45, 2.75) is 38.8 Å². The number of aliphatic imine (C=N–C) groups is 1. The summed E-state index contributed by atoms with van der Waals surface area (Å²) in [5.74, 6) is 1.21. The molecule has 5 rings (SSSR count). The van der Waals surface area contributed by atoms with Gasteiger partial charge in [-0.1, -0.05) is 12.7 Å². The van der Waals surface area contributed by atoms with Gasteiger partial charge in [0.25, 0.3) is 0 Å². The van der Waals surface area contributed by atoms with Crippen LogP contribution < -0.4 is 16.4 Å². The first-order valence-electron chi connectivity index (χ1n) is 14.6. The molecule has 11 nitrogen and oxygen atoms in total. The van der Waals surface area contributed by atoms with Crippen LogP contribution in [0.1, 0.15) is 43.1 Å². The second kappa shape index (κ2) is 13.2. The predicted molar refractivity (Wildman–Crippen MR) is 170 cm³/mol. The molecule has 2 aliphatic heterocycles. The highest BCUT2D eigenvalue weighted by Gasteiger charge is 2.31. The maximum atomic E-state index is 9.18. The van der Waals surface area contributed by atoms with Crippen LogP contribution in [0.3, 0.4) is 0 Å². The Morgan fingerprint density at radius 2 is 2.02 bits per heavy atom. The van der Waals surface area contributed by atoms with E-state index in [1.807, 2.05) is 19.2 Å². The van der Waals surface area contributed by atoms with E-state index in [1.165, 1.54) is 18.5 Å². The van der Waals surface area contributed by atoms with Gasteiger partial charge in [-0.3, -0.25) is 15.2 Å². The minimum absolute atomic E-state index is 0.157. The number of nitrogens with one attached hydrogen (secondary N) is 4. The van der Waals surface area contributed by atoms with Gasteiger partial charge in [0.15, 0.2) is 5.88 Å². The summed E-state index contributed by atoms with van der Waals surface area (Å²) in [4.78, 5) is 14.4. The van der Waals surface area contributed by atoms with Crippen LogP contribution in [-0.4, -0.2) is 82.4 Å². The predicted octanol–water partition coefficient (Wildman–Crippen LogP) is 3.67. The molecule has 2 fully saturated rings. The zero-order chi connectivity index (χ0) is 29.6. The third kappa shape index (κ3) is 6.80. The number of allylic oxidation sites excluding steroid dienone is 3. The summed E-state index contributed by atoms with van der Waals surface area (Å²) in [5.41, 5.74) is 11.0. The van der Waals surface area contributed by atoms with Crippen molar-refractivity contribution in [3.63, 3.8) is 0 Å². The molecule has 3 aliphatic rings. The Kier molecular flexibility index (Phi) is 9.19. The van der Waals surface area contributed by atoms with Gasteiger partial charge in [0, 0.05) is 87.8 Å². The molecule has 6 N–H and O–H groups in total. The zero-order valence-electron chi connectivity index (χ0n) is 24.6.